The molecule has 1 unspecified atom stereocenters. The Labute approximate surface area is 271 Å². The van der Waals surface area contributed by atoms with Crippen LogP contribution in [0.25, 0.3) is 43.8 Å². The van der Waals surface area contributed by atoms with Crippen LogP contribution in [-0.2, 0) is 5.41 Å². The first-order valence-corrected chi connectivity index (χ1v) is 16.0. The third-order valence-corrected chi connectivity index (χ3v) is 9.76. The molecule has 7 aromatic rings. The van der Waals surface area contributed by atoms with Gasteiger partial charge < -0.3 is 4.90 Å². The van der Waals surface area contributed by atoms with E-state index in [2.05, 4.69) is 189 Å². The van der Waals surface area contributed by atoms with Crippen molar-refractivity contribution in [3.05, 3.63) is 187 Å². The second-order valence-corrected chi connectivity index (χ2v) is 12.4. The molecule has 7 aromatic carbocycles. The number of rotatable bonds is 6. The summed E-state index contributed by atoms with van der Waals surface area (Å²) >= 11 is 0. The molecule has 0 radical (unpaired) electrons. The van der Waals surface area contributed by atoms with Crippen molar-refractivity contribution in [3.8, 4) is 22.3 Å². The fourth-order valence-corrected chi connectivity index (χ4v) is 7.34. The van der Waals surface area contributed by atoms with Gasteiger partial charge in [0.1, 0.15) is 0 Å². The number of fused-ring (bicyclic) bond motifs is 5. The summed E-state index contributed by atoms with van der Waals surface area (Å²) in [5, 5.41) is 4.96. The van der Waals surface area contributed by atoms with Crippen LogP contribution in [0.2, 0.25) is 0 Å². The highest BCUT2D eigenvalue weighted by Crippen LogP contribution is 2.53. The SMILES string of the molecule is C=C(/C=C\C)C1(C)c2ccccc2-c2cc3cc(-c4ccc(N(c5ccccc5)c5cccc6ccccc56)cc4)ccc3cc21. The lowest BCUT2D eigenvalue weighted by Gasteiger charge is -2.28. The molecule has 8 rings (SSSR count). The van der Waals surface area contributed by atoms with E-state index >= 15 is 0 Å². The summed E-state index contributed by atoms with van der Waals surface area (Å²) in [7, 11) is 0. The number of nitrogens with zero attached hydrogens (tertiary/aromatic N) is 1. The quantitative estimate of drug-likeness (QED) is 0.174. The first-order chi connectivity index (χ1) is 22.6. The summed E-state index contributed by atoms with van der Waals surface area (Å²) in [6.45, 7) is 8.89. The Morgan fingerprint density at radius 1 is 0.565 bits per heavy atom. The molecule has 46 heavy (non-hydrogen) atoms. The van der Waals surface area contributed by atoms with Crippen molar-refractivity contribution in [2.75, 3.05) is 4.90 Å². The number of allylic oxidation sites excluding steroid dienone is 3. The lowest BCUT2D eigenvalue weighted by molar-refractivity contribution is 0.716. The minimum Gasteiger partial charge on any atom is -0.310 e. The molecule has 0 saturated heterocycles. The molecule has 1 atom stereocenters. The molecular formula is C45H35N. The standard InChI is InChI=1S/C45H35N/c1-4-13-31(2)45(3)42-20-11-10-19-40(42)41-29-36-28-34(22-23-35(36)30-43(41)45)32-24-26-38(27-25-32)46(37-16-6-5-7-17-37)44-21-12-15-33-14-8-9-18-39(33)44/h4-30H,2H2,1,3H3/b13-4-. The highest BCUT2D eigenvalue weighted by Gasteiger charge is 2.40. The topological polar surface area (TPSA) is 3.24 Å². The average Bonchev–Trinajstić information content (AvgIpc) is 3.36. The Balaban J connectivity index is 1.21. The van der Waals surface area contributed by atoms with Crippen molar-refractivity contribution < 1.29 is 0 Å². The van der Waals surface area contributed by atoms with Gasteiger partial charge in [-0.25, -0.2) is 0 Å². The van der Waals surface area contributed by atoms with Crippen LogP contribution >= 0.6 is 0 Å². The fourth-order valence-electron chi connectivity index (χ4n) is 7.34. The molecule has 0 aliphatic heterocycles. The van der Waals surface area contributed by atoms with Crippen LogP contribution in [0.4, 0.5) is 17.1 Å². The monoisotopic (exact) mass is 589 g/mol. The van der Waals surface area contributed by atoms with Gasteiger partial charge in [0.15, 0.2) is 0 Å². The predicted octanol–water partition coefficient (Wildman–Crippen LogP) is 12.5. The highest BCUT2D eigenvalue weighted by atomic mass is 15.1. The Morgan fingerprint density at radius 3 is 2.09 bits per heavy atom. The second-order valence-electron chi connectivity index (χ2n) is 12.4. The molecule has 0 fully saturated rings. The number of hydrogen-bond acceptors (Lipinski definition) is 1. The third kappa shape index (κ3) is 4.39. The van der Waals surface area contributed by atoms with Gasteiger partial charge in [-0.05, 0) is 117 Å². The maximum absolute atomic E-state index is 4.51. The molecule has 1 nitrogen and oxygen atoms in total. The van der Waals surface area contributed by atoms with Crippen molar-refractivity contribution in [2.24, 2.45) is 0 Å². The van der Waals surface area contributed by atoms with Gasteiger partial charge in [0.05, 0.1) is 5.69 Å². The van der Waals surface area contributed by atoms with E-state index in [1.165, 1.54) is 60.6 Å². The van der Waals surface area contributed by atoms with Crippen molar-refractivity contribution in [3.63, 3.8) is 0 Å². The summed E-state index contributed by atoms with van der Waals surface area (Å²) < 4.78 is 0. The van der Waals surface area contributed by atoms with Gasteiger partial charge in [0, 0.05) is 22.2 Å². The van der Waals surface area contributed by atoms with Crippen molar-refractivity contribution >= 4 is 38.6 Å². The van der Waals surface area contributed by atoms with Crippen LogP contribution in [0.15, 0.2) is 176 Å². The van der Waals surface area contributed by atoms with E-state index in [4.69, 9.17) is 0 Å². The number of para-hydroxylation sites is 1. The Kier molecular flexibility index (Phi) is 6.69. The molecule has 0 bridgehead atoms. The van der Waals surface area contributed by atoms with Gasteiger partial charge in [0.2, 0.25) is 0 Å². The van der Waals surface area contributed by atoms with Crippen LogP contribution in [0.5, 0.6) is 0 Å². The van der Waals surface area contributed by atoms with Crippen LogP contribution in [-0.4, -0.2) is 0 Å². The summed E-state index contributed by atoms with van der Waals surface area (Å²) in [5.41, 5.74) is 12.0. The summed E-state index contributed by atoms with van der Waals surface area (Å²) in [5.74, 6) is 0. The molecule has 0 heterocycles. The number of hydrogen-bond donors (Lipinski definition) is 0. The first-order valence-electron chi connectivity index (χ1n) is 16.0. The lowest BCUT2D eigenvalue weighted by atomic mass is 9.74. The molecular weight excluding hydrogens is 555 g/mol. The average molecular weight is 590 g/mol. The molecule has 1 aliphatic carbocycles. The van der Waals surface area contributed by atoms with E-state index in [9.17, 15) is 0 Å². The summed E-state index contributed by atoms with van der Waals surface area (Å²) in [6, 6.07) is 55.2. The number of anilines is 3. The normalized spacial score (nSPS) is 15.3. The minimum absolute atomic E-state index is 0.254. The van der Waals surface area contributed by atoms with E-state index in [0.717, 1.165) is 16.9 Å². The second kappa shape index (κ2) is 11.1. The number of benzene rings is 7. The van der Waals surface area contributed by atoms with Gasteiger partial charge in [-0.3, -0.25) is 0 Å². The largest absolute Gasteiger partial charge is 0.310 e. The van der Waals surface area contributed by atoms with Crippen LogP contribution in [0.1, 0.15) is 25.0 Å². The lowest BCUT2D eigenvalue weighted by Crippen LogP contribution is -2.22. The smallest absolute Gasteiger partial charge is 0.0540 e. The molecule has 0 N–H and O–H groups in total. The predicted molar refractivity (Wildman–Crippen MR) is 197 cm³/mol. The van der Waals surface area contributed by atoms with Crippen molar-refractivity contribution in [2.45, 2.75) is 19.3 Å². The summed E-state index contributed by atoms with van der Waals surface area (Å²) in [6.07, 6.45) is 4.25. The zero-order chi connectivity index (χ0) is 31.3. The Hall–Kier alpha value is -5.66. The van der Waals surface area contributed by atoms with E-state index in [-0.39, 0.29) is 5.41 Å². The van der Waals surface area contributed by atoms with Crippen molar-refractivity contribution in [1.29, 1.82) is 0 Å². The molecule has 0 saturated carbocycles. The fraction of sp³-hybridized carbons (Fsp3) is 0.0667. The van der Waals surface area contributed by atoms with Crippen LogP contribution < -0.4 is 4.90 Å². The van der Waals surface area contributed by atoms with Crippen molar-refractivity contribution in [1.82, 2.24) is 0 Å². The van der Waals surface area contributed by atoms with Crippen LogP contribution in [0.3, 0.4) is 0 Å². The molecule has 220 valence electrons. The van der Waals surface area contributed by atoms with Crippen LogP contribution in [0, 0.1) is 0 Å². The van der Waals surface area contributed by atoms with E-state index in [0.29, 0.717) is 0 Å². The Bertz CT molecular complexity index is 2290. The van der Waals surface area contributed by atoms with E-state index in [1.54, 1.807) is 0 Å². The molecule has 1 aliphatic rings. The van der Waals surface area contributed by atoms with Gasteiger partial charge in [0.25, 0.3) is 0 Å². The van der Waals surface area contributed by atoms with E-state index in [1.807, 2.05) is 0 Å². The van der Waals surface area contributed by atoms with Gasteiger partial charge in [-0.1, -0.05) is 122 Å². The zero-order valence-corrected chi connectivity index (χ0v) is 26.2. The van der Waals surface area contributed by atoms with Gasteiger partial charge >= 0.3 is 0 Å². The molecule has 0 amide bonds. The Morgan fingerprint density at radius 2 is 1.26 bits per heavy atom. The summed E-state index contributed by atoms with van der Waals surface area (Å²) in [4.78, 5) is 2.35. The molecule has 0 aromatic heterocycles. The zero-order valence-electron chi connectivity index (χ0n) is 26.2. The van der Waals surface area contributed by atoms with Gasteiger partial charge in [-0.2, -0.15) is 0 Å². The molecule has 0 spiro atoms. The third-order valence-electron chi connectivity index (χ3n) is 9.76. The van der Waals surface area contributed by atoms with Gasteiger partial charge in [-0.15, -0.1) is 0 Å². The first kappa shape index (κ1) is 27.9. The molecule has 1 heteroatoms. The van der Waals surface area contributed by atoms with E-state index < -0.39 is 0 Å². The maximum atomic E-state index is 4.51. The maximum Gasteiger partial charge on any atom is 0.0540 e. The highest BCUT2D eigenvalue weighted by molar-refractivity contribution is 5.99. The minimum atomic E-state index is -0.254.